The maximum atomic E-state index is 12.2. The summed E-state index contributed by atoms with van der Waals surface area (Å²) < 4.78 is 0. The largest absolute Gasteiger partial charge is 0.333 e. The van der Waals surface area contributed by atoms with Gasteiger partial charge >= 0.3 is 0 Å². The van der Waals surface area contributed by atoms with Crippen LogP contribution >= 0.6 is 0 Å². The van der Waals surface area contributed by atoms with E-state index in [4.69, 9.17) is 0 Å². The smallest absolute Gasteiger partial charge is 0.255 e. The quantitative estimate of drug-likeness (QED) is 0.730. The molecule has 2 atom stereocenters. The van der Waals surface area contributed by atoms with Gasteiger partial charge in [-0.15, -0.1) is 0 Å². The van der Waals surface area contributed by atoms with Crippen LogP contribution in [0.3, 0.4) is 0 Å². The molecule has 0 aliphatic carbocycles. The number of hydrogen-bond acceptors (Lipinski definition) is 3. The Balaban J connectivity index is 2.19. The van der Waals surface area contributed by atoms with Crippen molar-refractivity contribution < 1.29 is 4.79 Å². The highest BCUT2D eigenvalue weighted by atomic mass is 16.2. The summed E-state index contributed by atoms with van der Waals surface area (Å²) in [4.78, 5) is 27.6. The maximum Gasteiger partial charge on any atom is 0.255 e. The predicted molar refractivity (Wildman–Crippen MR) is 65.0 cm³/mol. The number of hydrogen-bond donors (Lipinski definition) is 2. The predicted octanol–water partition coefficient (Wildman–Crippen LogP) is 0.197. The first kappa shape index (κ1) is 11.9. The lowest BCUT2D eigenvalue weighted by atomic mass is 10.1. The Bertz CT molecular complexity index is 449. The van der Waals surface area contributed by atoms with Crippen molar-refractivity contribution in [2.24, 2.45) is 0 Å². The van der Waals surface area contributed by atoms with E-state index in [0.29, 0.717) is 12.1 Å². The topological polar surface area (TPSA) is 65.2 Å². The van der Waals surface area contributed by atoms with E-state index < -0.39 is 0 Å². The van der Waals surface area contributed by atoms with E-state index in [1.54, 1.807) is 6.07 Å². The van der Waals surface area contributed by atoms with Crippen LogP contribution < -0.4 is 10.9 Å². The van der Waals surface area contributed by atoms with Gasteiger partial charge < -0.3 is 15.2 Å². The van der Waals surface area contributed by atoms with E-state index in [2.05, 4.69) is 17.2 Å². The number of amides is 1. The first-order valence-electron chi connectivity index (χ1n) is 5.82. The molecule has 2 rings (SSSR count). The molecule has 1 aliphatic rings. The Morgan fingerprint density at radius 1 is 1.41 bits per heavy atom. The van der Waals surface area contributed by atoms with E-state index in [1.807, 2.05) is 11.8 Å². The maximum absolute atomic E-state index is 12.2. The zero-order valence-electron chi connectivity index (χ0n) is 10.1. The number of piperazine rings is 1. The van der Waals surface area contributed by atoms with Crippen molar-refractivity contribution in [3.63, 3.8) is 0 Å². The summed E-state index contributed by atoms with van der Waals surface area (Å²) in [6.07, 6.45) is 1.48. The Morgan fingerprint density at radius 3 is 2.82 bits per heavy atom. The number of pyridine rings is 1. The normalized spacial score (nSPS) is 24.7. The molecule has 1 aromatic heterocycles. The van der Waals surface area contributed by atoms with Gasteiger partial charge in [0.15, 0.2) is 0 Å². The van der Waals surface area contributed by atoms with Gasteiger partial charge in [-0.2, -0.15) is 0 Å². The van der Waals surface area contributed by atoms with Crippen LogP contribution in [0.15, 0.2) is 23.1 Å². The third-order valence-electron chi connectivity index (χ3n) is 3.33. The summed E-state index contributed by atoms with van der Waals surface area (Å²) in [5.41, 5.74) is 0.342. The van der Waals surface area contributed by atoms with Crippen molar-refractivity contribution in [1.82, 2.24) is 15.2 Å². The number of nitrogens with zero attached hydrogens (tertiary/aromatic N) is 1. The fraction of sp³-hybridized carbons (Fsp3) is 0.500. The number of aromatic nitrogens is 1. The van der Waals surface area contributed by atoms with Gasteiger partial charge in [0.1, 0.15) is 0 Å². The molecule has 2 N–H and O–H groups in total. The molecule has 0 spiro atoms. The Morgan fingerprint density at radius 2 is 2.18 bits per heavy atom. The summed E-state index contributed by atoms with van der Waals surface area (Å²) in [5, 5.41) is 3.33. The number of carbonyl (C=O) groups is 1. The minimum absolute atomic E-state index is 0.0258. The van der Waals surface area contributed by atoms with Crippen LogP contribution in [0.2, 0.25) is 0 Å². The minimum atomic E-state index is -0.191. The second-order valence-electron chi connectivity index (χ2n) is 4.42. The monoisotopic (exact) mass is 235 g/mol. The molecule has 2 unspecified atom stereocenters. The molecular weight excluding hydrogens is 218 g/mol. The van der Waals surface area contributed by atoms with Crippen molar-refractivity contribution in [3.8, 4) is 0 Å². The number of rotatable bonds is 1. The van der Waals surface area contributed by atoms with Crippen LogP contribution in [0.5, 0.6) is 0 Å². The van der Waals surface area contributed by atoms with Gasteiger partial charge in [0, 0.05) is 37.4 Å². The lowest BCUT2D eigenvalue weighted by molar-refractivity contribution is 0.0602. The average Bonchev–Trinajstić information content (AvgIpc) is 2.33. The molecular formula is C12H17N3O2. The molecule has 0 radical (unpaired) electrons. The fourth-order valence-electron chi connectivity index (χ4n) is 2.05. The van der Waals surface area contributed by atoms with Crippen LogP contribution in [0.1, 0.15) is 24.2 Å². The molecule has 0 saturated carbocycles. The highest BCUT2D eigenvalue weighted by Crippen LogP contribution is 2.12. The van der Waals surface area contributed by atoms with E-state index >= 15 is 0 Å². The van der Waals surface area contributed by atoms with Gasteiger partial charge in [0.25, 0.3) is 5.91 Å². The lowest BCUT2D eigenvalue weighted by Gasteiger charge is -2.38. The zero-order chi connectivity index (χ0) is 12.4. The van der Waals surface area contributed by atoms with Gasteiger partial charge in [-0.25, -0.2) is 0 Å². The molecule has 0 bridgehead atoms. The second kappa shape index (κ2) is 4.71. The van der Waals surface area contributed by atoms with Crippen LogP contribution in [0.4, 0.5) is 0 Å². The molecule has 5 heteroatoms. The summed E-state index contributed by atoms with van der Waals surface area (Å²) in [7, 11) is 0. The Kier molecular flexibility index (Phi) is 3.28. The lowest BCUT2D eigenvalue weighted by Crippen LogP contribution is -2.57. The van der Waals surface area contributed by atoms with Gasteiger partial charge in [-0.1, -0.05) is 0 Å². The highest BCUT2D eigenvalue weighted by molar-refractivity contribution is 5.94. The van der Waals surface area contributed by atoms with Crippen molar-refractivity contribution in [1.29, 1.82) is 0 Å². The molecule has 0 aromatic carbocycles. The first-order valence-corrected chi connectivity index (χ1v) is 5.82. The third-order valence-corrected chi connectivity index (χ3v) is 3.33. The minimum Gasteiger partial charge on any atom is -0.333 e. The Hall–Kier alpha value is -1.62. The second-order valence-corrected chi connectivity index (χ2v) is 4.42. The summed E-state index contributed by atoms with van der Waals surface area (Å²) in [6, 6.07) is 3.39. The SMILES string of the molecule is CC1NCCN(C(=O)c2ccc(=O)[nH]c2)C1C. The molecule has 1 fully saturated rings. The molecule has 5 nitrogen and oxygen atoms in total. The third kappa shape index (κ3) is 2.39. The number of H-pyrrole nitrogens is 1. The van der Waals surface area contributed by atoms with Gasteiger partial charge in [0.05, 0.1) is 5.56 Å². The van der Waals surface area contributed by atoms with Crippen LogP contribution in [-0.2, 0) is 0 Å². The van der Waals surface area contributed by atoms with Gasteiger partial charge in [0.2, 0.25) is 5.56 Å². The molecule has 2 heterocycles. The summed E-state index contributed by atoms with van der Waals surface area (Å²) in [6.45, 7) is 5.60. The average molecular weight is 235 g/mol. The van der Waals surface area contributed by atoms with E-state index in [1.165, 1.54) is 12.3 Å². The van der Waals surface area contributed by atoms with Crippen LogP contribution in [0.25, 0.3) is 0 Å². The van der Waals surface area contributed by atoms with Crippen LogP contribution in [0, 0.1) is 0 Å². The van der Waals surface area contributed by atoms with Crippen molar-refractivity contribution >= 4 is 5.91 Å². The van der Waals surface area contributed by atoms with Crippen molar-refractivity contribution in [3.05, 3.63) is 34.2 Å². The number of nitrogens with one attached hydrogen (secondary N) is 2. The van der Waals surface area contributed by atoms with E-state index in [0.717, 1.165) is 6.54 Å². The number of aromatic amines is 1. The molecule has 1 amide bonds. The molecule has 1 saturated heterocycles. The molecule has 17 heavy (non-hydrogen) atoms. The standard InChI is InChI=1S/C12H17N3O2/c1-8-9(2)15(6-5-13-8)12(17)10-3-4-11(16)14-7-10/h3-4,7-9,13H,5-6H2,1-2H3,(H,14,16). The fourth-order valence-corrected chi connectivity index (χ4v) is 2.05. The van der Waals surface area contributed by atoms with E-state index in [9.17, 15) is 9.59 Å². The van der Waals surface area contributed by atoms with Crippen LogP contribution in [-0.4, -0.2) is 41.0 Å². The van der Waals surface area contributed by atoms with Crippen molar-refractivity contribution in [2.75, 3.05) is 13.1 Å². The van der Waals surface area contributed by atoms with Crippen molar-refractivity contribution in [2.45, 2.75) is 25.9 Å². The molecule has 92 valence electrons. The van der Waals surface area contributed by atoms with E-state index in [-0.39, 0.29) is 23.6 Å². The van der Waals surface area contributed by atoms with Gasteiger partial charge in [-0.3, -0.25) is 9.59 Å². The first-order chi connectivity index (χ1) is 8.09. The zero-order valence-corrected chi connectivity index (χ0v) is 10.1. The summed E-state index contributed by atoms with van der Waals surface area (Å²) >= 11 is 0. The van der Waals surface area contributed by atoms with Gasteiger partial charge in [-0.05, 0) is 19.9 Å². The highest BCUT2D eigenvalue weighted by Gasteiger charge is 2.28. The molecule has 1 aliphatic heterocycles. The molecule has 1 aromatic rings. The summed E-state index contributed by atoms with van der Waals surface area (Å²) in [5.74, 6) is -0.0258. The Labute approximate surface area is 99.8 Å². The number of carbonyl (C=O) groups excluding carboxylic acids is 1.